The molecule has 0 aliphatic carbocycles. The zero-order valence-electron chi connectivity index (χ0n) is 20.4. The third kappa shape index (κ3) is 9.58. The van der Waals surface area contributed by atoms with Crippen molar-refractivity contribution in [3.8, 4) is 0 Å². The average molecular weight is 644 g/mol. The van der Waals surface area contributed by atoms with Crippen LogP contribution < -0.4 is 5.32 Å². The van der Waals surface area contributed by atoms with Gasteiger partial charge in [0.2, 0.25) is 0 Å². The Morgan fingerprint density at radius 3 is 2.02 bits per heavy atom. The van der Waals surface area contributed by atoms with E-state index in [2.05, 4.69) is 0 Å². The van der Waals surface area contributed by atoms with E-state index in [9.17, 15) is 52.7 Å². The van der Waals surface area contributed by atoms with E-state index in [0.29, 0.717) is 19.1 Å². The first-order valence-corrected chi connectivity index (χ1v) is 13.6. The number of halogens is 11. The molecule has 0 spiro atoms. The lowest BCUT2D eigenvalue weighted by molar-refractivity contribution is -0.138. The van der Waals surface area contributed by atoms with Gasteiger partial charge in [0.15, 0.2) is 15.7 Å². The van der Waals surface area contributed by atoms with Crippen molar-refractivity contribution in [2.24, 2.45) is 0 Å². The quantitative estimate of drug-likeness (QED) is 0.225. The van der Waals surface area contributed by atoms with Crippen LogP contribution in [0, 0.1) is 5.82 Å². The molecule has 0 saturated carbocycles. The SMILES string of the molecule is CC(CS(=O)(=O)CC(F)(F)F)NC(=O)c1ccc(/C=C/C(c2cc(Cl)c(F)c(Cl)c2)C(C)(F)F)cc1C(F)(F)F. The topological polar surface area (TPSA) is 63.2 Å². The summed E-state index contributed by atoms with van der Waals surface area (Å²) < 4.78 is 144. The van der Waals surface area contributed by atoms with E-state index in [4.69, 9.17) is 23.2 Å². The molecule has 2 atom stereocenters. The van der Waals surface area contributed by atoms with Gasteiger partial charge in [-0.1, -0.05) is 41.4 Å². The van der Waals surface area contributed by atoms with Gasteiger partial charge in [-0.05, 0) is 42.3 Å². The first-order chi connectivity index (χ1) is 18.0. The van der Waals surface area contributed by atoms with Crippen LogP contribution in [0.25, 0.3) is 6.08 Å². The van der Waals surface area contributed by atoms with E-state index in [1.54, 1.807) is 0 Å². The van der Waals surface area contributed by atoms with E-state index < -0.39 is 84.5 Å². The Morgan fingerprint density at radius 1 is 1.00 bits per heavy atom. The van der Waals surface area contributed by atoms with Crippen LogP contribution in [0.5, 0.6) is 0 Å². The Bertz CT molecular complexity index is 1360. The molecule has 16 heteroatoms. The van der Waals surface area contributed by atoms with Crippen LogP contribution in [0.15, 0.2) is 36.4 Å². The highest BCUT2D eigenvalue weighted by Crippen LogP contribution is 2.39. The fourth-order valence-electron chi connectivity index (χ4n) is 3.67. The number of hydrogen-bond acceptors (Lipinski definition) is 3. The molecule has 0 aliphatic heterocycles. The van der Waals surface area contributed by atoms with Gasteiger partial charge in [0, 0.05) is 13.0 Å². The lowest BCUT2D eigenvalue weighted by atomic mass is 9.92. The molecule has 2 rings (SSSR count). The predicted octanol–water partition coefficient (Wildman–Crippen LogP) is 7.70. The number of alkyl halides is 8. The lowest BCUT2D eigenvalue weighted by Gasteiger charge is -2.22. The second-order valence-electron chi connectivity index (χ2n) is 8.94. The minimum absolute atomic E-state index is 0.235. The summed E-state index contributed by atoms with van der Waals surface area (Å²) >= 11 is 11.3. The molecule has 2 aromatic carbocycles. The van der Waals surface area contributed by atoms with Gasteiger partial charge in [0.1, 0.15) is 5.75 Å². The molecule has 40 heavy (non-hydrogen) atoms. The van der Waals surface area contributed by atoms with E-state index in [0.717, 1.165) is 37.3 Å². The Kier molecular flexibility index (Phi) is 10.3. The summed E-state index contributed by atoms with van der Waals surface area (Å²) in [6.45, 7) is 1.51. The number of amides is 1. The van der Waals surface area contributed by atoms with Crippen molar-refractivity contribution >= 4 is 45.0 Å². The summed E-state index contributed by atoms with van der Waals surface area (Å²) in [5, 5.41) is 0.808. The zero-order chi connectivity index (χ0) is 30.8. The smallest absolute Gasteiger partial charge is 0.349 e. The van der Waals surface area contributed by atoms with Crippen molar-refractivity contribution in [2.75, 3.05) is 11.5 Å². The van der Waals surface area contributed by atoms with E-state index in [1.165, 1.54) is 0 Å². The highest BCUT2D eigenvalue weighted by atomic mass is 35.5. The van der Waals surface area contributed by atoms with Crippen molar-refractivity contribution in [3.63, 3.8) is 0 Å². The third-order valence-electron chi connectivity index (χ3n) is 5.25. The minimum atomic E-state index is -5.14. The maximum Gasteiger partial charge on any atom is 0.417 e. The molecule has 2 unspecified atom stereocenters. The number of sulfone groups is 1. The normalized spacial score (nSPS) is 14.8. The van der Waals surface area contributed by atoms with Crippen LogP contribution in [-0.4, -0.2) is 44.0 Å². The molecule has 222 valence electrons. The molecule has 0 aromatic heterocycles. The second-order valence-corrected chi connectivity index (χ2v) is 11.9. The Hall–Kier alpha value is -2.45. The minimum Gasteiger partial charge on any atom is -0.349 e. The average Bonchev–Trinajstić information content (AvgIpc) is 2.73. The van der Waals surface area contributed by atoms with Crippen LogP contribution in [-0.2, 0) is 16.0 Å². The fourth-order valence-corrected chi connectivity index (χ4v) is 5.63. The van der Waals surface area contributed by atoms with Crippen molar-refractivity contribution in [3.05, 3.63) is 74.5 Å². The first kappa shape index (κ1) is 33.8. The molecule has 1 amide bonds. The lowest BCUT2D eigenvalue weighted by Crippen LogP contribution is -2.40. The van der Waals surface area contributed by atoms with Gasteiger partial charge in [0.05, 0.1) is 32.8 Å². The van der Waals surface area contributed by atoms with E-state index in [1.807, 2.05) is 5.32 Å². The standard InChI is InChI=1S/C24H20Cl2F9NO3S/c1-12(10-40(38,39)11-23(30,31)32)36-21(37)15-5-3-13(7-17(15)24(33,34)35)4-6-16(22(2,28)29)14-8-18(25)20(27)19(26)9-14/h3-9,12,16H,10-11H2,1-2H3,(H,36,37)/b6-4+. The molecule has 1 N–H and O–H groups in total. The van der Waals surface area contributed by atoms with Gasteiger partial charge in [-0.25, -0.2) is 21.6 Å². The molecule has 4 nitrogen and oxygen atoms in total. The highest BCUT2D eigenvalue weighted by molar-refractivity contribution is 7.91. The van der Waals surface area contributed by atoms with Crippen LogP contribution in [0.4, 0.5) is 39.5 Å². The number of carbonyl (C=O) groups excluding carboxylic acids is 1. The molecule has 0 saturated heterocycles. The van der Waals surface area contributed by atoms with Gasteiger partial charge < -0.3 is 5.32 Å². The van der Waals surface area contributed by atoms with Crippen LogP contribution in [0.2, 0.25) is 10.0 Å². The molecule has 2 aromatic rings. The predicted molar refractivity (Wildman–Crippen MR) is 132 cm³/mol. The first-order valence-electron chi connectivity index (χ1n) is 11.0. The molecule has 0 fully saturated rings. The summed E-state index contributed by atoms with van der Waals surface area (Å²) in [6.07, 6.45) is -8.46. The highest BCUT2D eigenvalue weighted by Gasteiger charge is 2.38. The van der Waals surface area contributed by atoms with Gasteiger partial charge in [-0.3, -0.25) is 4.79 Å². The van der Waals surface area contributed by atoms with Crippen molar-refractivity contribution in [1.29, 1.82) is 0 Å². The van der Waals surface area contributed by atoms with Crippen LogP contribution in [0.1, 0.15) is 46.8 Å². The molecular formula is C24H20Cl2F9NO3S. The Balaban J connectivity index is 2.39. The van der Waals surface area contributed by atoms with Gasteiger partial charge in [0.25, 0.3) is 11.8 Å². The largest absolute Gasteiger partial charge is 0.417 e. The number of carbonyl (C=O) groups is 1. The molecule has 0 bridgehead atoms. The Labute approximate surface area is 233 Å². The van der Waals surface area contributed by atoms with E-state index >= 15 is 0 Å². The van der Waals surface area contributed by atoms with Gasteiger partial charge in [-0.15, -0.1) is 0 Å². The summed E-state index contributed by atoms with van der Waals surface area (Å²) in [7, 11) is -4.74. The summed E-state index contributed by atoms with van der Waals surface area (Å²) in [6, 6.07) is 2.43. The number of allylic oxidation sites excluding steroid dienone is 1. The van der Waals surface area contributed by atoms with Gasteiger partial charge in [-0.2, -0.15) is 26.3 Å². The Morgan fingerprint density at radius 2 is 1.55 bits per heavy atom. The fraction of sp³-hybridized carbons (Fsp3) is 0.375. The second kappa shape index (κ2) is 12.2. The monoisotopic (exact) mass is 643 g/mol. The van der Waals surface area contributed by atoms with Crippen molar-refractivity contribution in [2.45, 2.75) is 44.1 Å². The molecule has 0 radical (unpaired) electrons. The number of nitrogens with one attached hydrogen (secondary N) is 1. The summed E-state index contributed by atoms with van der Waals surface area (Å²) in [4.78, 5) is 12.5. The molecule has 0 heterocycles. The maximum atomic E-state index is 14.3. The van der Waals surface area contributed by atoms with Gasteiger partial charge >= 0.3 is 12.4 Å². The zero-order valence-corrected chi connectivity index (χ0v) is 22.7. The van der Waals surface area contributed by atoms with Crippen LogP contribution in [0.3, 0.4) is 0 Å². The van der Waals surface area contributed by atoms with Crippen LogP contribution >= 0.6 is 23.2 Å². The van der Waals surface area contributed by atoms with E-state index in [-0.39, 0.29) is 11.1 Å². The van der Waals surface area contributed by atoms with Crippen molar-refractivity contribution < 1.29 is 52.7 Å². The third-order valence-corrected chi connectivity index (χ3v) is 7.58. The number of benzene rings is 2. The summed E-state index contributed by atoms with van der Waals surface area (Å²) in [5.41, 5.74) is -3.02. The number of hydrogen-bond donors (Lipinski definition) is 1. The summed E-state index contributed by atoms with van der Waals surface area (Å²) in [5.74, 6) is -11.2. The molecule has 0 aliphatic rings. The van der Waals surface area contributed by atoms with Crippen molar-refractivity contribution in [1.82, 2.24) is 5.32 Å². The maximum absolute atomic E-state index is 14.3. The molecular weight excluding hydrogens is 624 g/mol. The number of rotatable bonds is 9.